The van der Waals surface area contributed by atoms with Crippen molar-refractivity contribution < 1.29 is 17.3 Å². The molecule has 0 radical (unpaired) electrons. The minimum absolute atomic E-state index is 0.189. The Labute approximate surface area is 189 Å². The quantitative estimate of drug-likeness (QED) is 0.177. The first-order valence-corrected chi connectivity index (χ1v) is 14.1. The second-order valence-electron chi connectivity index (χ2n) is 7.21. The van der Waals surface area contributed by atoms with Crippen molar-refractivity contribution in [2.45, 2.75) is 34.6 Å². The summed E-state index contributed by atoms with van der Waals surface area (Å²) in [6.07, 6.45) is 6.07. The summed E-state index contributed by atoms with van der Waals surface area (Å²) in [6.45, 7) is 10.9. The molecule has 1 aliphatic carbocycles. The van der Waals surface area contributed by atoms with Gasteiger partial charge in [0.05, 0.1) is 0 Å². The van der Waals surface area contributed by atoms with Gasteiger partial charge in [0.15, 0.2) is 0 Å². The molecule has 2 aromatic rings. The van der Waals surface area contributed by atoms with Gasteiger partial charge in [-0.05, 0) is 22.9 Å². The average molecular weight is 518 g/mol. The maximum atomic E-state index is 4.57. The van der Waals surface area contributed by atoms with E-state index in [4.69, 9.17) is 0 Å². The Morgan fingerprint density at radius 3 is 1.43 bits per heavy atom. The number of allylic oxidation sites excluding steroid dienone is 4. The van der Waals surface area contributed by atoms with E-state index in [1.165, 1.54) is 39.7 Å². The fraction of sp³-hybridized carbons (Fsp3) is 0.333. The van der Waals surface area contributed by atoms with Crippen LogP contribution in [0.2, 0.25) is 0 Å². The Morgan fingerprint density at radius 1 is 0.786 bits per heavy atom. The maximum Gasteiger partial charge on any atom is -0.0271 e. The van der Waals surface area contributed by atoms with Gasteiger partial charge in [0.1, 0.15) is 0 Å². The van der Waals surface area contributed by atoms with Crippen LogP contribution < -0.4 is 10.6 Å². The Hall–Kier alpha value is -0.307. The van der Waals surface area contributed by atoms with Crippen LogP contribution in [0.3, 0.4) is 0 Å². The third-order valence-electron chi connectivity index (χ3n) is 4.89. The second kappa shape index (κ2) is 13.8. The molecular formula is C24H31ClP2Ru. The molecule has 4 heteroatoms. The molecular weight excluding hydrogens is 487 g/mol. The molecule has 0 fully saturated rings. The molecule has 2 unspecified atom stereocenters. The first-order valence-electron chi connectivity index (χ1n) is 9.41. The van der Waals surface area contributed by atoms with Crippen molar-refractivity contribution in [1.82, 2.24) is 0 Å². The fourth-order valence-corrected chi connectivity index (χ4v) is 5.37. The SMILES string of the molecule is CC1=[C-]C(C)(C)C(C)=C1C.[Cl][Ru+].c1ccc(PCCPc2ccccc2)cc1. The molecule has 0 aliphatic heterocycles. The molecule has 28 heavy (non-hydrogen) atoms. The van der Waals surface area contributed by atoms with Gasteiger partial charge in [0.2, 0.25) is 0 Å². The van der Waals surface area contributed by atoms with Crippen LogP contribution in [0.5, 0.6) is 0 Å². The van der Waals surface area contributed by atoms with E-state index in [0.29, 0.717) is 0 Å². The van der Waals surface area contributed by atoms with Crippen molar-refractivity contribution in [1.29, 1.82) is 0 Å². The van der Waals surface area contributed by atoms with Crippen molar-refractivity contribution in [2.75, 3.05) is 12.3 Å². The van der Waals surface area contributed by atoms with Gasteiger partial charge in [0, 0.05) is 0 Å². The Kier molecular flexibility index (Phi) is 12.7. The van der Waals surface area contributed by atoms with E-state index < -0.39 is 0 Å². The van der Waals surface area contributed by atoms with Gasteiger partial charge in [-0.25, -0.2) is 5.57 Å². The first kappa shape index (κ1) is 25.7. The van der Waals surface area contributed by atoms with Gasteiger partial charge in [0.25, 0.3) is 0 Å². The van der Waals surface area contributed by atoms with Crippen molar-refractivity contribution in [3.63, 3.8) is 0 Å². The van der Waals surface area contributed by atoms with Crippen molar-refractivity contribution >= 4 is 37.5 Å². The minimum Gasteiger partial charge on any atom is -0.0900 e. The molecule has 0 amide bonds. The summed E-state index contributed by atoms with van der Waals surface area (Å²) in [4.78, 5) is 0. The Bertz CT molecular complexity index is 711. The van der Waals surface area contributed by atoms with E-state index in [-0.39, 0.29) is 5.41 Å². The van der Waals surface area contributed by atoms with Crippen LogP contribution in [0.15, 0.2) is 77.4 Å². The van der Waals surface area contributed by atoms with Gasteiger partial charge in [-0.15, -0.1) is 6.92 Å². The van der Waals surface area contributed by atoms with Gasteiger partial charge in [-0.1, -0.05) is 111 Å². The molecule has 0 spiro atoms. The topological polar surface area (TPSA) is 0 Å². The molecule has 0 saturated carbocycles. The summed E-state index contributed by atoms with van der Waals surface area (Å²) in [5.74, 6) is 0. The number of hydrogen-bond donors (Lipinski definition) is 0. The summed E-state index contributed by atoms with van der Waals surface area (Å²) in [5, 5.41) is 2.97. The fourth-order valence-electron chi connectivity index (χ4n) is 2.93. The maximum absolute atomic E-state index is 4.57. The predicted molar refractivity (Wildman–Crippen MR) is 129 cm³/mol. The molecule has 0 bridgehead atoms. The van der Waals surface area contributed by atoms with Crippen LogP contribution in [-0.2, 0) is 17.3 Å². The van der Waals surface area contributed by atoms with E-state index in [9.17, 15) is 0 Å². The van der Waals surface area contributed by atoms with Crippen LogP contribution in [0, 0.1) is 11.5 Å². The molecule has 0 heterocycles. The third kappa shape index (κ3) is 9.01. The summed E-state index contributed by atoms with van der Waals surface area (Å²) >= 11 is 1.82. The summed E-state index contributed by atoms with van der Waals surface area (Å²) in [5.41, 5.74) is 4.39. The smallest absolute Gasteiger partial charge is 0.0271 e. The van der Waals surface area contributed by atoms with Gasteiger partial charge < -0.3 is 0 Å². The van der Waals surface area contributed by atoms with Crippen LogP contribution in [0.4, 0.5) is 0 Å². The van der Waals surface area contributed by atoms with Crippen molar-refractivity contribution in [3.05, 3.63) is 83.5 Å². The molecule has 152 valence electrons. The zero-order chi connectivity index (χ0) is 21.0. The molecule has 2 atom stereocenters. The van der Waals surface area contributed by atoms with E-state index in [1.807, 2.05) is 17.3 Å². The Morgan fingerprint density at radius 2 is 1.18 bits per heavy atom. The second-order valence-corrected chi connectivity index (χ2v) is 10.1. The van der Waals surface area contributed by atoms with Crippen LogP contribution in [0.1, 0.15) is 34.6 Å². The molecule has 1 aliphatic rings. The zero-order valence-corrected chi connectivity index (χ0v) is 21.9. The number of rotatable bonds is 5. The van der Waals surface area contributed by atoms with Gasteiger partial charge in [-0.2, -0.15) is 11.1 Å². The average Bonchev–Trinajstić information content (AvgIpc) is 2.90. The normalized spacial score (nSPS) is 15.3. The van der Waals surface area contributed by atoms with Crippen molar-refractivity contribution in [3.8, 4) is 0 Å². The van der Waals surface area contributed by atoms with Gasteiger partial charge >= 0.3 is 27.0 Å². The molecule has 0 aromatic heterocycles. The number of benzene rings is 2. The predicted octanol–water partition coefficient (Wildman–Crippen LogP) is 6.79. The zero-order valence-electron chi connectivity index (χ0n) is 17.4. The van der Waals surface area contributed by atoms with E-state index in [2.05, 4.69) is 111 Å². The number of halogens is 1. The van der Waals surface area contributed by atoms with Gasteiger partial charge in [-0.3, -0.25) is 6.08 Å². The minimum atomic E-state index is 0.189. The van der Waals surface area contributed by atoms with Crippen LogP contribution >= 0.6 is 26.9 Å². The van der Waals surface area contributed by atoms with E-state index in [0.717, 1.165) is 17.2 Å². The standard InChI is InChI=1S/C14H16P2.C10H15.ClH.Ru/c1-3-7-13(8-4-1)15-11-12-16-14-9-5-2-6-10-14;1-7-6-10(4,5)9(3)8(7)2;;/h1-10,15-16H,11-12H2;1-5H3;1H;/q;-1;;+2/p-1. The largest absolute Gasteiger partial charge is 0.0900 e. The summed E-state index contributed by atoms with van der Waals surface area (Å²) in [7, 11) is 6.50. The van der Waals surface area contributed by atoms with E-state index in [1.54, 1.807) is 0 Å². The molecule has 0 saturated heterocycles. The summed E-state index contributed by atoms with van der Waals surface area (Å²) in [6, 6.07) is 21.6. The van der Waals surface area contributed by atoms with Crippen molar-refractivity contribution in [2.24, 2.45) is 5.41 Å². The molecule has 2 aromatic carbocycles. The van der Waals surface area contributed by atoms with Crippen LogP contribution in [0.25, 0.3) is 0 Å². The van der Waals surface area contributed by atoms with E-state index >= 15 is 0 Å². The number of hydrogen-bond acceptors (Lipinski definition) is 0. The van der Waals surface area contributed by atoms with Crippen LogP contribution in [-0.4, -0.2) is 12.3 Å². The summed E-state index contributed by atoms with van der Waals surface area (Å²) < 4.78 is 0. The first-order chi connectivity index (χ1) is 13.4. The molecule has 0 N–H and O–H groups in total. The Balaban J connectivity index is 0.000000281. The molecule has 0 nitrogen and oxygen atoms in total. The monoisotopic (exact) mass is 518 g/mol. The molecule has 3 rings (SSSR count). The third-order valence-corrected chi connectivity index (χ3v) is 7.88.